The SMILES string of the molecule is Cc1cc(C)cc(N(C)C(=O)C2CCCNC2)c1. The van der Waals surface area contributed by atoms with Crippen LogP contribution in [-0.2, 0) is 4.79 Å². The molecule has 0 aliphatic carbocycles. The molecule has 0 bridgehead atoms. The average molecular weight is 246 g/mol. The number of anilines is 1. The number of piperidine rings is 1. The second-order valence-corrected chi connectivity index (χ2v) is 5.29. The van der Waals surface area contributed by atoms with E-state index in [2.05, 4.69) is 37.4 Å². The minimum absolute atomic E-state index is 0.129. The Labute approximate surface area is 109 Å². The van der Waals surface area contributed by atoms with Gasteiger partial charge in [-0.3, -0.25) is 4.79 Å². The lowest BCUT2D eigenvalue weighted by atomic mass is 9.98. The number of rotatable bonds is 2. The molecule has 3 nitrogen and oxygen atoms in total. The van der Waals surface area contributed by atoms with Gasteiger partial charge < -0.3 is 10.2 Å². The Hall–Kier alpha value is -1.35. The highest BCUT2D eigenvalue weighted by atomic mass is 16.2. The van der Waals surface area contributed by atoms with E-state index in [0.29, 0.717) is 0 Å². The molecule has 1 aromatic carbocycles. The van der Waals surface area contributed by atoms with E-state index in [1.807, 2.05) is 7.05 Å². The summed E-state index contributed by atoms with van der Waals surface area (Å²) in [6.07, 6.45) is 2.10. The lowest BCUT2D eigenvalue weighted by Crippen LogP contribution is -2.41. The van der Waals surface area contributed by atoms with Gasteiger partial charge in [-0.15, -0.1) is 0 Å². The lowest BCUT2D eigenvalue weighted by molar-refractivity contribution is -0.122. The summed E-state index contributed by atoms with van der Waals surface area (Å²) in [6.45, 7) is 5.99. The Balaban J connectivity index is 2.14. The van der Waals surface area contributed by atoms with Crippen molar-refractivity contribution in [3.05, 3.63) is 29.3 Å². The minimum atomic E-state index is 0.129. The van der Waals surface area contributed by atoms with E-state index < -0.39 is 0 Å². The van der Waals surface area contributed by atoms with Crippen LogP contribution < -0.4 is 10.2 Å². The van der Waals surface area contributed by atoms with Gasteiger partial charge in [0, 0.05) is 19.3 Å². The van der Waals surface area contributed by atoms with Crippen LogP contribution in [0.1, 0.15) is 24.0 Å². The third-order valence-electron chi connectivity index (χ3n) is 3.57. The number of hydrogen-bond acceptors (Lipinski definition) is 2. The first-order valence-corrected chi connectivity index (χ1v) is 6.64. The van der Waals surface area contributed by atoms with Crippen molar-refractivity contribution in [1.29, 1.82) is 0 Å². The van der Waals surface area contributed by atoms with E-state index >= 15 is 0 Å². The molecule has 1 unspecified atom stereocenters. The molecule has 1 atom stereocenters. The zero-order chi connectivity index (χ0) is 13.1. The van der Waals surface area contributed by atoms with E-state index in [-0.39, 0.29) is 11.8 Å². The molecular weight excluding hydrogens is 224 g/mol. The van der Waals surface area contributed by atoms with Crippen molar-refractivity contribution in [2.75, 3.05) is 25.0 Å². The van der Waals surface area contributed by atoms with Crippen LogP contribution in [0.15, 0.2) is 18.2 Å². The van der Waals surface area contributed by atoms with Gasteiger partial charge in [-0.25, -0.2) is 0 Å². The van der Waals surface area contributed by atoms with Gasteiger partial charge in [-0.05, 0) is 56.5 Å². The molecule has 1 fully saturated rings. The van der Waals surface area contributed by atoms with Crippen molar-refractivity contribution in [3.8, 4) is 0 Å². The molecule has 1 aliphatic rings. The molecule has 1 heterocycles. The molecule has 1 saturated heterocycles. The van der Waals surface area contributed by atoms with Crippen LogP contribution in [0.3, 0.4) is 0 Å². The molecule has 2 rings (SSSR count). The maximum atomic E-state index is 12.4. The van der Waals surface area contributed by atoms with Crippen LogP contribution in [0, 0.1) is 19.8 Å². The largest absolute Gasteiger partial charge is 0.316 e. The number of hydrogen-bond donors (Lipinski definition) is 1. The highest BCUT2D eigenvalue weighted by Gasteiger charge is 2.24. The van der Waals surface area contributed by atoms with Crippen LogP contribution in [0.25, 0.3) is 0 Å². The second kappa shape index (κ2) is 5.53. The van der Waals surface area contributed by atoms with Gasteiger partial charge in [0.1, 0.15) is 0 Å². The highest BCUT2D eigenvalue weighted by Crippen LogP contribution is 2.21. The molecule has 18 heavy (non-hydrogen) atoms. The van der Waals surface area contributed by atoms with Gasteiger partial charge >= 0.3 is 0 Å². The topological polar surface area (TPSA) is 32.3 Å². The zero-order valence-corrected chi connectivity index (χ0v) is 11.5. The van der Waals surface area contributed by atoms with Gasteiger partial charge in [-0.2, -0.15) is 0 Å². The van der Waals surface area contributed by atoms with Gasteiger partial charge in [0.05, 0.1) is 5.92 Å². The molecule has 3 heteroatoms. The predicted molar refractivity (Wildman–Crippen MR) is 74.9 cm³/mol. The standard InChI is InChI=1S/C15H22N2O/c1-11-7-12(2)9-14(8-11)17(3)15(18)13-5-4-6-16-10-13/h7-9,13,16H,4-6,10H2,1-3H3. The van der Waals surface area contributed by atoms with E-state index in [0.717, 1.165) is 31.6 Å². The maximum absolute atomic E-state index is 12.4. The van der Waals surface area contributed by atoms with Gasteiger partial charge in [0.2, 0.25) is 5.91 Å². The second-order valence-electron chi connectivity index (χ2n) is 5.29. The van der Waals surface area contributed by atoms with E-state index in [9.17, 15) is 4.79 Å². The third kappa shape index (κ3) is 2.91. The zero-order valence-electron chi connectivity index (χ0n) is 11.5. The summed E-state index contributed by atoms with van der Waals surface area (Å²) >= 11 is 0. The fraction of sp³-hybridized carbons (Fsp3) is 0.533. The van der Waals surface area contributed by atoms with Crippen LogP contribution in [-0.4, -0.2) is 26.0 Å². The summed E-state index contributed by atoms with van der Waals surface area (Å²) in [4.78, 5) is 14.2. The minimum Gasteiger partial charge on any atom is -0.316 e. The number of amides is 1. The first-order valence-electron chi connectivity index (χ1n) is 6.64. The molecule has 1 aromatic rings. The van der Waals surface area contributed by atoms with Crippen molar-refractivity contribution in [2.24, 2.45) is 5.92 Å². The van der Waals surface area contributed by atoms with Crippen LogP contribution in [0.2, 0.25) is 0 Å². The summed E-state index contributed by atoms with van der Waals surface area (Å²) in [5.74, 6) is 0.358. The highest BCUT2D eigenvalue weighted by molar-refractivity contribution is 5.94. The number of nitrogens with one attached hydrogen (secondary N) is 1. The summed E-state index contributed by atoms with van der Waals surface area (Å²) in [7, 11) is 1.88. The average Bonchev–Trinajstić information content (AvgIpc) is 2.37. The normalized spacial score (nSPS) is 19.6. The van der Waals surface area contributed by atoms with E-state index in [1.54, 1.807) is 4.90 Å². The van der Waals surface area contributed by atoms with Crippen LogP contribution in [0.4, 0.5) is 5.69 Å². The lowest BCUT2D eigenvalue weighted by Gasteiger charge is -2.27. The Morgan fingerprint density at radius 1 is 1.28 bits per heavy atom. The number of benzene rings is 1. The number of aryl methyl sites for hydroxylation is 2. The monoisotopic (exact) mass is 246 g/mol. The summed E-state index contributed by atoms with van der Waals surface area (Å²) in [5, 5.41) is 3.30. The first-order chi connectivity index (χ1) is 8.58. The molecule has 1 N–H and O–H groups in total. The summed E-state index contributed by atoms with van der Waals surface area (Å²) in [5.41, 5.74) is 3.40. The van der Waals surface area contributed by atoms with Crippen LogP contribution >= 0.6 is 0 Å². The number of carbonyl (C=O) groups is 1. The van der Waals surface area contributed by atoms with E-state index in [4.69, 9.17) is 0 Å². The molecule has 0 radical (unpaired) electrons. The summed E-state index contributed by atoms with van der Waals surface area (Å²) < 4.78 is 0. The van der Waals surface area contributed by atoms with Crippen molar-refractivity contribution < 1.29 is 4.79 Å². The fourth-order valence-electron chi connectivity index (χ4n) is 2.61. The van der Waals surface area contributed by atoms with E-state index in [1.165, 1.54) is 11.1 Å². The maximum Gasteiger partial charge on any atom is 0.231 e. The van der Waals surface area contributed by atoms with Crippen molar-refractivity contribution in [3.63, 3.8) is 0 Å². The predicted octanol–water partition coefficient (Wildman–Crippen LogP) is 2.27. The molecule has 0 spiro atoms. The molecular formula is C15H22N2O. The Morgan fingerprint density at radius 2 is 1.94 bits per heavy atom. The van der Waals surface area contributed by atoms with Crippen molar-refractivity contribution >= 4 is 11.6 Å². The molecule has 1 aliphatic heterocycles. The number of nitrogens with zero attached hydrogens (tertiary/aromatic N) is 1. The van der Waals surface area contributed by atoms with Crippen LogP contribution in [0.5, 0.6) is 0 Å². The Bertz CT molecular complexity index is 416. The Morgan fingerprint density at radius 3 is 2.50 bits per heavy atom. The molecule has 1 amide bonds. The quantitative estimate of drug-likeness (QED) is 0.868. The van der Waals surface area contributed by atoms with Crippen molar-refractivity contribution in [1.82, 2.24) is 5.32 Å². The Kier molecular flexibility index (Phi) is 4.02. The smallest absolute Gasteiger partial charge is 0.231 e. The van der Waals surface area contributed by atoms with Gasteiger partial charge in [0.25, 0.3) is 0 Å². The van der Waals surface area contributed by atoms with Gasteiger partial charge in [-0.1, -0.05) is 6.07 Å². The molecule has 0 saturated carbocycles. The third-order valence-corrected chi connectivity index (χ3v) is 3.57. The van der Waals surface area contributed by atoms with Crippen molar-refractivity contribution in [2.45, 2.75) is 26.7 Å². The molecule has 98 valence electrons. The first kappa shape index (κ1) is 13.1. The summed E-state index contributed by atoms with van der Waals surface area (Å²) in [6, 6.07) is 6.27. The molecule has 0 aromatic heterocycles. The van der Waals surface area contributed by atoms with Gasteiger partial charge in [0.15, 0.2) is 0 Å². The fourth-order valence-corrected chi connectivity index (χ4v) is 2.61. The number of carbonyl (C=O) groups excluding carboxylic acids is 1.